The molecule has 0 aliphatic carbocycles. The molecule has 2 aliphatic rings. The van der Waals surface area contributed by atoms with Crippen LogP contribution in [0.15, 0.2) is 109 Å². The first kappa shape index (κ1) is 28.2. The van der Waals surface area contributed by atoms with Crippen molar-refractivity contribution in [1.82, 2.24) is 0 Å². The van der Waals surface area contributed by atoms with Crippen LogP contribution in [-0.2, 0) is 17.3 Å². The number of fused-ring (bicyclic) bond motifs is 4. The zero-order valence-electron chi connectivity index (χ0n) is 26.4. The van der Waals surface area contributed by atoms with Crippen LogP contribution in [0.3, 0.4) is 0 Å². The predicted octanol–water partition coefficient (Wildman–Crippen LogP) is 9.66. The van der Waals surface area contributed by atoms with Crippen molar-refractivity contribution in [3.05, 3.63) is 131 Å². The Balaban J connectivity index is 1.51. The van der Waals surface area contributed by atoms with Gasteiger partial charge in [-0.15, -0.1) is 0 Å². The smallest absolute Gasteiger partial charge is 0.209 e. The maximum Gasteiger partial charge on any atom is 0.209 e. The Morgan fingerprint density at radius 2 is 1.62 bits per heavy atom. The number of para-hydroxylation sites is 1. The monoisotopic (exact) mass is 553 g/mol. The van der Waals surface area contributed by atoms with Crippen LogP contribution >= 0.6 is 0 Å². The summed E-state index contributed by atoms with van der Waals surface area (Å²) in [5, 5.41) is 2.66. The van der Waals surface area contributed by atoms with Gasteiger partial charge in [-0.25, -0.2) is 0 Å². The molecular weight excluding hydrogens is 508 g/mol. The molecule has 0 bridgehead atoms. The van der Waals surface area contributed by atoms with Gasteiger partial charge in [0.2, 0.25) is 5.69 Å². The average Bonchev–Trinajstić information content (AvgIpc) is 3.31. The molecule has 1 atom stereocenters. The summed E-state index contributed by atoms with van der Waals surface area (Å²) in [6.07, 6.45) is 9.20. The van der Waals surface area contributed by atoms with Crippen LogP contribution in [-0.4, -0.2) is 23.9 Å². The summed E-state index contributed by atoms with van der Waals surface area (Å²) in [5.74, 6) is 0.630. The normalized spacial score (nSPS) is 20.4. The fraction of sp³-hybridized carbons (Fsp3) is 0.325. The highest BCUT2D eigenvalue weighted by atomic mass is 15.2. The molecule has 0 N–H and O–H groups in total. The van der Waals surface area contributed by atoms with Gasteiger partial charge in [-0.05, 0) is 69.0 Å². The van der Waals surface area contributed by atoms with Crippen molar-refractivity contribution in [2.24, 2.45) is 5.92 Å². The summed E-state index contributed by atoms with van der Waals surface area (Å²) < 4.78 is 2.36. The number of hydrogen-bond donors (Lipinski definition) is 0. The van der Waals surface area contributed by atoms with Gasteiger partial charge in [0.05, 0.1) is 11.1 Å². The summed E-state index contributed by atoms with van der Waals surface area (Å²) in [4.78, 5) is 2.65. The van der Waals surface area contributed by atoms with E-state index in [1.54, 1.807) is 0 Å². The van der Waals surface area contributed by atoms with E-state index in [-0.39, 0.29) is 10.8 Å². The van der Waals surface area contributed by atoms with E-state index in [1.807, 2.05) is 0 Å². The molecule has 2 heteroatoms. The number of benzene rings is 4. The number of rotatable bonds is 7. The molecule has 0 saturated carbocycles. The number of anilines is 1. The van der Waals surface area contributed by atoms with Crippen molar-refractivity contribution in [2.75, 3.05) is 18.5 Å². The van der Waals surface area contributed by atoms with Crippen LogP contribution in [0.2, 0.25) is 0 Å². The second-order valence-corrected chi connectivity index (χ2v) is 13.5. The Labute approximate surface area is 252 Å². The molecule has 2 nitrogen and oxygen atoms in total. The molecule has 214 valence electrons. The van der Waals surface area contributed by atoms with E-state index in [1.165, 1.54) is 55.8 Å². The highest BCUT2D eigenvalue weighted by molar-refractivity contribution is 6.03. The van der Waals surface area contributed by atoms with Gasteiger partial charge in [-0.2, -0.15) is 4.58 Å². The van der Waals surface area contributed by atoms with Gasteiger partial charge in [0.25, 0.3) is 0 Å². The molecule has 2 heterocycles. The maximum atomic E-state index is 2.65. The molecule has 1 unspecified atom stereocenters. The summed E-state index contributed by atoms with van der Waals surface area (Å²) in [6.45, 7) is 15.0. The Morgan fingerprint density at radius 1 is 0.857 bits per heavy atom. The minimum atomic E-state index is -0.154. The Kier molecular flexibility index (Phi) is 7.21. The second kappa shape index (κ2) is 10.7. The first-order valence-electron chi connectivity index (χ1n) is 15.6. The SMILES string of the molecule is Cc1cccc(CC2(C)C(=CC=CC3=[N+](C)c4ccccc4C3(C)C)N(CCC(C)C)c3c2ccc2ccccc32)c1. The van der Waals surface area contributed by atoms with E-state index in [9.17, 15) is 0 Å². The number of nitrogens with zero attached hydrogens (tertiary/aromatic N) is 2. The highest BCUT2D eigenvalue weighted by Crippen LogP contribution is 2.52. The topological polar surface area (TPSA) is 6.25 Å². The largest absolute Gasteiger partial charge is 0.343 e. The minimum absolute atomic E-state index is 0.0443. The molecule has 4 aromatic carbocycles. The zero-order valence-corrected chi connectivity index (χ0v) is 26.4. The third-order valence-corrected chi connectivity index (χ3v) is 9.64. The first-order valence-corrected chi connectivity index (χ1v) is 15.6. The zero-order chi connectivity index (χ0) is 29.6. The van der Waals surface area contributed by atoms with E-state index in [0.717, 1.165) is 19.4 Å². The van der Waals surface area contributed by atoms with Gasteiger partial charge >= 0.3 is 0 Å². The third kappa shape index (κ3) is 4.71. The first-order chi connectivity index (χ1) is 20.1. The van der Waals surface area contributed by atoms with E-state index >= 15 is 0 Å². The van der Waals surface area contributed by atoms with Gasteiger partial charge in [0.1, 0.15) is 7.05 Å². The van der Waals surface area contributed by atoms with Crippen molar-refractivity contribution in [3.63, 3.8) is 0 Å². The van der Waals surface area contributed by atoms with Crippen LogP contribution in [0.1, 0.15) is 63.3 Å². The second-order valence-electron chi connectivity index (χ2n) is 13.5. The van der Waals surface area contributed by atoms with Crippen molar-refractivity contribution < 1.29 is 4.58 Å². The average molecular weight is 554 g/mol. The van der Waals surface area contributed by atoms with Gasteiger partial charge in [-0.1, -0.05) is 104 Å². The number of aryl methyl sites for hydroxylation is 1. The Morgan fingerprint density at radius 3 is 2.38 bits per heavy atom. The lowest BCUT2D eigenvalue weighted by molar-refractivity contribution is -0.401. The predicted molar refractivity (Wildman–Crippen MR) is 181 cm³/mol. The lowest BCUT2D eigenvalue weighted by Gasteiger charge is -2.31. The summed E-state index contributed by atoms with van der Waals surface area (Å²) in [5.41, 5.74) is 10.7. The molecule has 0 radical (unpaired) electrons. The number of hydrogen-bond acceptors (Lipinski definition) is 1. The van der Waals surface area contributed by atoms with Crippen molar-refractivity contribution in [3.8, 4) is 0 Å². The van der Waals surface area contributed by atoms with Crippen LogP contribution in [0.5, 0.6) is 0 Å². The quantitative estimate of drug-likeness (QED) is 0.207. The summed E-state index contributed by atoms with van der Waals surface area (Å²) >= 11 is 0. The van der Waals surface area contributed by atoms with Crippen LogP contribution in [0.25, 0.3) is 10.8 Å². The van der Waals surface area contributed by atoms with Crippen molar-refractivity contribution in [2.45, 2.75) is 65.2 Å². The minimum Gasteiger partial charge on any atom is -0.343 e. The molecule has 6 rings (SSSR count). The van der Waals surface area contributed by atoms with E-state index in [0.29, 0.717) is 5.92 Å². The van der Waals surface area contributed by atoms with Crippen LogP contribution in [0, 0.1) is 12.8 Å². The molecule has 2 aliphatic heterocycles. The van der Waals surface area contributed by atoms with Gasteiger partial charge < -0.3 is 4.90 Å². The van der Waals surface area contributed by atoms with Crippen LogP contribution in [0.4, 0.5) is 11.4 Å². The molecule has 0 aromatic heterocycles. The van der Waals surface area contributed by atoms with Gasteiger partial charge in [0, 0.05) is 40.7 Å². The molecule has 0 spiro atoms. The van der Waals surface area contributed by atoms with Crippen LogP contribution < -0.4 is 4.90 Å². The maximum absolute atomic E-state index is 2.65. The molecule has 0 saturated heterocycles. The van der Waals surface area contributed by atoms with E-state index in [4.69, 9.17) is 0 Å². The summed E-state index contributed by atoms with van der Waals surface area (Å²) in [6, 6.07) is 31.5. The van der Waals surface area contributed by atoms with Crippen molar-refractivity contribution in [1.29, 1.82) is 0 Å². The lowest BCUT2D eigenvalue weighted by Crippen LogP contribution is -2.31. The van der Waals surface area contributed by atoms with E-state index < -0.39 is 0 Å². The Bertz CT molecular complexity index is 1750. The standard InChI is InChI=1S/C40H45N2/c1-28(2)24-25-42-37(21-13-20-36-39(4,5)33-18-10-11-19-35(33)41(36)7)40(6,27-30-15-12-14-29(3)26-30)34-23-22-31-16-8-9-17-32(31)38(34)42/h8-23,26,28H,24-25,27H2,1-7H3/q+1. The molecule has 0 fully saturated rings. The van der Waals surface area contributed by atoms with Gasteiger partial charge in [0.15, 0.2) is 5.71 Å². The van der Waals surface area contributed by atoms with Crippen molar-refractivity contribution >= 4 is 27.9 Å². The highest BCUT2D eigenvalue weighted by Gasteiger charge is 2.45. The van der Waals surface area contributed by atoms with E-state index in [2.05, 4.69) is 161 Å². The fourth-order valence-corrected chi connectivity index (χ4v) is 7.39. The molecule has 0 amide bonds. The lowest BCUT2D eigenvalue weighted by atomic mass is 9.75. The number of allylic oxidation sites excluding steroid dienone is 4. The van der Waals surface area contributed by atoms with Gasteiger partial charge in [-0.3, -0.25) is 0 Å². The fourth-order valence-electron chi connectivity index (χ4n) is 7.39. The molecular formula is C40H45N2+. The summed E-state index contributed by atoms with van der Waals surface area (Å²) in [7, 11) is 2.20. The Hall–Kier alpha value is -3.91. The molecule has 42 heavy (non-hydrogen) atoms. The third-order valence-electron chi connectivity index (χ3n) is 9.64. The molecule has 4 aromatic rings.